The van der Waals surface area contributed by atoms with E-state index in [2.05, 4.69) is 23.5 Å². The van der Waals surface area contributed by atoms with E-state index in [9.17, 15) is 13.6 Å². The largest absolute Gasteiger partial charge is 0.301 e. The van der Waals surface area contributed by atoms with Crippen molar-refractivity contribution in [3.63, 3.8) is 0 Å². The van der Waals surface area contributed by atoms with Gasteiger partial charge < -0.3 is 5.32 Å². The minimum atomic E-state index is -2.68. The van der Waals surface area contributed by atoms with E-state index in [0.29, 0.717) is 0 Å². The Morgan fingerprint density at radius 1 is 0.964 bits per heavy atom. The van der Waals surface area contributed by atoms with Gasteiger partial charge in [0.15, 0.2) is 0 Å². The van der Waals surface area contributed by atoms with Crippen LogP contribution in [0, 0.1) is 5.92 Å². The van der Waals surface area contributed by atoms with E-state index in [-0.39, 0.29) is 6.54 Å². The summed E-state index contributed by atoms with van der Waals surface area (Å²) in [7, 11) is 0. The van der Waals surface area contributed by atoms with Gasteiger partial charge >= 0.3 is 0 Å². The first kappa shape index (κ1) is 19.9. The molecule has 0 aliphatic rings. The zero-order valence-corrected chi connectivity index (χ0v) is 15.4. The number of carbonyl (C=O) groups excluding carboxylic acids is 1. The van der Waals surface area contributed by atoms with Gasteiger partial charge in [0.1, 0.15) is 0 Å². The number of halogens is 2. The third-order valence-electron chi connectivity index (χ3n) is 4.85. The molecule has 0 aliphatic carbocycles. The van der Waals surface area contributed by atoms with Gasteiger partial charge in [-0.25, -0.2) is 14.3 Å². The van der Waals surface area contributed by atoms with Crippen LogP contribution in [0.2, 0.25) is 0 Å². The molecule has 0 saturated carbocycles. The number of fused-ring (bicyclic) bond motifs is 1. The molecule has 3 rings (SSSR count). The van der Waals surface area contributed by atoms with Crippen molar-refractivity contribution in [1.29, 1.82) is 0 Å². The highest BCUT2D eigenvalue weighted by atomic mass is 19.3. The topological polar surface area (TPSA) is 61.4 Å². The Morgan fingerprint density at radius 3 is 2.32 bits per heavy atom. The van der Waals surface area contributed by atoms with E-state index in [0.717, 1.165) is 27.5 Å². The molecule has 28 heavy (non-hydrogen) atoms. The van der Waals surface area contributed by atoms with Gasteiger partial charge in [0.25, 0.3) is 5.91 Å². The van der Waals surface area contributed by atoms with Crippen LogP contribution in [-0.2, 0) is 11.3 Å². The quantitative estimate of drug-likeness (QED) is 0.419. The van der Waals surface area contributed by atoms with Crippen LogP contribution in [0.1, 0.15) is 12.5 Å². The summed E-state index contributed by atoms with van der Waals surface area (Å²) < 4.78 is 26.0. The van der Waals surface area contributed by atoms with E-state index < -0.39 is 24.3 Å². The summed E-state index contributed by atoms with van der Waals surface area (Å²) in [5.74, 6) is -2.11. The van der Waals surface area contributed by atoms with Crippen LogP contribution in [0.4, 0.5) is 8.78 Å². The molecule has 0 spiro atoms. The summed E-state index contributed by atoms with van der Waals surface area (Å²) in [4.78, 5) is 11.7. The molecule has 3 aromatic rings. The lowest BCUT2D eigenvalue weighted by atomic mass is 9.99. The molecule has 0 aromatic heterocycles. The molecule has 0 radical (unpaired) electrons. The first-order valence-electron chi connectivity index (χ1n) is 9.03. The molecule has 0 saturated heterocycles. The summed E-state index contributed by atoms with van der Waals surface area (Å²) in [5.41, 5.74) is 4.56. The molecule has 3 N–H and O–H groups in total. The van der Waals surface area contributed by atoms with Crippen molar-refractivity contribution in [2.45, 2.75) is 25.9 Å². The minimum Gasteiger partial charge on any atom is -0.301 e. The van der Waals surface area contributed by atoms with Crippen molar-refractivity contribution in [3.05, 3.63) is 72.3 Å². The normalized spacial score (nSPS) is 13.5. The van der Waals surface area contributed by atoms with Crippen molar-refractivity contribution >= 4 is 16.7 Å². The molecule has 0 aliphatic heterocycles. The van der Waals surface area contributed by atoms with Crippen LogP contribution in [-0.4, -0.2) is 23.6 Å². The third kappa shape index (κ3) is 4.52. The first-order chi connectivity index (χ1) is 13.5. The van der Waals surface area contributed by atoms with Gasteiger partial charge in [-0.1, -0.05) is 61.5 Å². The Morgan fingerprint density at radius 2 is 1.64 bits per heavy atom. The third-order valence-corrected chi connectivity index (χ3v) is 4.85. The summed E-state index contributed by atoms with van der Waals surface area (Å²) in [6, 6.07) is 20.8. The molecule has 0 heterocycles. The predicted octanol–water partition coefficient (Wildman–Crippen LogP) is 4.37. The summed E-state index contributed by atoms with van der Waals surface area (Å²) in [6.45, 7) is 1.49. The van der Waals surface area contributed by atoms with Gasteiger partial charge in [-0.2, -0.15) is 0 Å². The highest BCUT2D eigenvalue weighted by molar-refractivity contribution is 5.88. The molecule has 2 atom stereocenters. The molecular formula is C22H22F2N2O2. The lowest BCUT2D eigenvalue weighted by molar-refractivity contribution is -0.134. The molecule has 3 aromatic carbocycles. The Bertz CT molecular complexity index is 948. The fraction of sp³-hybridized carbons (Fsp3) is 0.227. The summed E-state index contributed by atoms with van der Waals surface area (Å²) in [6.07, 6.45) is -2.68. The second-order valence-corrected chi connectivity index (χ2v) is 6.79. The molecule has 1 amide bonds. The number of hydrogen-bond donors (Lipinski definition) is 3. The highest BCUT2D eigenvalue weighted by Gasteiger charge is 2.30. The molecule has 146 valence electrons. The maximum Gasteiger partial charge on any atom is 0.260 e. The number of carbonyl (C=O) groups is 1. The molecular weight excluding hydrogens is 362 g/mol. The van der Waals surface area contributed by atoms with Crippen LogP contribution in [0.25, 0.3) is 21.9 Å². The zero-order valence-electron chi connectivity index (χ0n) is 15.4. The van der Waals surface area contributed by atoms with Crippen LogP contribution in [0.3, 0.4) is 0 Å². The Balaban J connectivity index is 1.77. The second kappa shape index (κ2) is 8.91. The number of rotatable bonds is 7. The van der Waals surface area contributed by atoms with Crippen molar-refractivity contribution < 1.29 is 18.8 Å². The SMILES string of the molecule is C[C@@H](C(F)F)[C@H](NCc1ccc2cc(-c3ccccc3)ccc2c1)C(=O)NO. The molecule has 0 unspecified atom stereocenters. The standard InChI is InChI=1S/C22H22F2N2O2/c1-14(21(23)24)20(22(27)26-28)25-13-15-7-8-19-12-18(10-9-17(19)11-15)16-5-3-2-4-6-16/h2-12,14,20-21,25,28H,13H2,1H3,(H,26,27)/t14-,20+/m1/s1. The predicted molar refractivity (Wildman–Crippen MR) is 105 cm³/mol. The van der Waals surface area contributed by atoms with Crippen molar-refractivity contribution in [1.82, 2.24) is 10.8 Å². The summed E-state index contributed by atoms with van der Waals surface area (Å²) in [5, 5.41) is 13.7. The van der Waals surface area contributed by atoms with E-state index in [4.69, 9.17) is 5.21 Å². The number of amides is 1. The number of hydroxylamine groups is 1. The zero-order chi connectivity index (χ0) is 20.1. The van der Waals surface area contributed by atoms with E-state index in [1.165, 1.54) is 12.4 Å². The summed E-state index contributed by atoms with van der Waals surface area (Å²) >= 11 is 0. The number of alkyl halides is 2. The smallest absolute Gasteiger partial charge is 0.260 e. The van der Waals surface area contributed by atoms with Crippen molar-refractivity contribution in [2.24, 2.45) is 5.92 Å². The van der Waals surface area contributed by atoms with Crippen molar-refractivity contribution in [3.8, 4) is 11.1 Å². The van der Waals surface area contributed by atoms with Gasteiger partial charge in [0, 0.05) is 12.5 Å². The van der Waals surface area contributed by atoms with E-state index in [1.807, 2.05) is 48.5 Å². The lowest BCUT2D eigenvalue weighted by Gasteiger charge is -2.22. The van der Waals surface area contributed by atoms with Crippen molar-refractivity contribution in [2.75, 3.05) is 0 Å². The van der Waals surface area contributed by atoms with Gasteiger partial charge in [0.2, 0.25) is 6.43 Å². The van der Waals surface area contributed by atoms with Crippen LogP contribution in [0.15, 0.2) is 66.7 Å². The Labute approximate surface area is 162 Å². The molecule has 0 bridgehead atoms. The van der Waals surface area contributed by atoms with Crippen LogP contribution >= 0.6 is 0 Å². The molecule has 0 fully saturated rings. The fourth-order valence-electron chi connectivity index (χ4n) is 3.18. The fourth-order valence-corrected chi connectivity index (χ4v) is 3.18. The number of benzene rings is 3. The molecule has 6 heteroatoms. The molecule has 4 nitrogen and oxygen atoms in total. The monoisotopic (exact) mass is 384 g/mol. The average Bonchev–Trinajstić information content (AvgIpc) is 2.73. The maximum atomic E-state index is 13.0. The maximum absolute atomic E-state index is 13.0. The Hall–Kier alpha value is -2.83. The lowest BCUT2D eigenvalue weighted by Crippen LogP contribution is -2.48. The second-order valence-electron chi connectivity index (χ2n) is 6.79. The first-order valence-corrected chi connectivity index (χ1v) is 9.03. The number of nitrogens with one attached hydrogen (secondary N) is 2. The van der Waals surface area contributed by atoms with Crippen LogP contribution in [0.5, 0.6) is 0 Å². The highest BCUT2D eigenvalue weighted by Crippen LogP contribution is 2.25. The van der Waals surface area contributed by atoms with E-state index >= 15 is 0 Å². The van der Waals surface area contributed by atoms with Gasteiger partial charge in [-0.15, -0.1) is 0 Å². The number of hydrogen-bond acceptors (Lipinski definition) is 3. The van der Waals surface area contributed by atoms with Gasteiger partial charge in [-0.3, -0.25) is 10.0 Å². The van der Waals surface area contributed by atoms with E-state index in [1.54, 1.807) is 0 Å². The Kier molecular flexibility index (Phi) is 6.34. The van der Waals surface area contributed by atoms with Crippen LogP contribution < -0.4 is 10.8 Å². The average molecular weight is 384 g/mol. The van der Waals surface area contributed by atoms with Gasteiger partial charge in [0.05, 0.1) is 6.04 Å². The minimum absolute atomic E-state index is 0.228. The van der Waals surface area contributed by atoms with Gasteiger partial charge in [-0.05, 0) is 39.6 Å².